The molecule has 0 unspecified atom stereocenters. The van der Waals surface area contributed by atoms with Gasteiger partial charge in [-0.05, 0) is 30.7 Å². The number of para-hydroxylation sites is 1. The van der Waals surface area contributed by atoms with Gasteiger partial charge in [0.15, 0.2) is 5.78 Å². The average Bonchev–Trinajstić information content (AvgIpc) is 2.53. The molecule has 0 fully saturated rings. The molecule has 0 aliphatic carbocycles. The summed E-state index contributed by atoms with van der Waals surface area (Å²) < 4.78 is 0. The number of nitrogens with zero attached hydrogens (tertiary/aromatic N) is 1. The standard InChI is InChI=1S/C18H14N2O2/c1-13(21)16-9-5-6-10-17(16)20-18(22)15(12-19)11-14-7-3-2-4-8-14/h2-11H,1H3,(H,20,22). The van der Waals surface area contributed by atoms with E-state index >= 15 is 0 Å². The second-order valence-corrected chi connectivity index (χ2v) is 4.64. The third kappa shape index (κ3) is 3.68. The SMILES string of the molecule is CC(=O)c1ccccc1NC(=O)C(C#N)=Cc1ccccc1. The predicted molar refractivity (Wildman–Crippen MR) is 85.1 cm³/mol. The number of ketones is 1. The van der Waals surface area contributed by atoms with Gasteiger partial charge >= 0.3 is 0 Å². The zero-order chi connectivity index (χ0) is 15.9. The summed E-state index contributed by atoms with van der Waals surface area (Å²) in [5.41, 5.74) is 1.54. The van der Waals surface area contributed by atoms with E-state index in [1.54, 1.807) is 36.4 Å². The van der Waals surface area contributed by atoms with Gasteiger partial charge in [-0.25, -0.2) is 0 Å². The molecule has 0 saturated heterocycles. The number of carbonyl (C=O) groups excluding carboxylic acids is 2. The lowest BCUT2D eigenvalue weighted by Crippen LogP contribution is -2.15. The van der Waals surface area contributed by atoms with Crippen LogP contribution >= 0.6 is 0 Å². The van der Waals surface area contributed by atoms with Crippen LogP contribution in [0.2, 0.25) is 0 Å². The molecule has 0 aliphatic heterocycles. The number of carbonyl (C=O) groups is 2. The summed E-state index contributed by atoms with van der Waals surface area (Å²) in [6, 6.07) is 17.7. The fourth-order valence-electron chi connectivity index (χ4n) is 1.95. The van der Waals surface area contributed by atoms with E-state index < -0.39 is 5.91 Å². The minimum Gasteiger partial charge on any atom is -0.321 e. The van der Waals surface area contributed by atoms with Crippen molar-refractivity contribution < 1.29 is 9.59 Å². The van der Waals surface area contributed by atoms with Crippen LogP contribution < -0.4 is 5.32 Å². The van der Waals surface area contributed by atoms with Crippen molar-refractivity contribution in [3.05, 3.63) is 71.3 Å². The third-order valence-electron chi connectivity index (χ3n) is 3.03. The maximum absolute atomic E-state index is 12.2. The molecule has 4 nitrogen and oxygen atoms in total. The van der Waals surface area contributed by atoms with E-state index in [1.165, 1.54) is 13.0 Å². The van der Waals surface area contributed by atoms with E-state index in [4.69, 9.17) is 5.26 Å². The van der Waals surface area contributed by atoms with Gasteiger partial charge in [-0.1, -0.05) is 42.5 Å². The number of Topliss-reactive ketones (excluding diaryl/α,β-unsaturated/α-hetero) is 1. The van der Waals surface area contributed by atoms with Gasteiger partial charge in [0.2, 0.25) is 0 Å². The minimum atomic E-state index is -0.542. The highest BCUT2D eigenvalue weighted by Crippen LogP contribution is 2.17. The Bertz CT molecular complexity index is 771. The van der Waals surface area contributed by atoms with Crippen molar-refractivity contribution in [3.63, 3.8) is 0 Å². The number of nitriles is 1. The summed E-state index contributed by atoms with van der Waals surface area (Å²) in [7, 11) is 0. The molecule has 0 atom stereocenters. The fraction of sp³-hybridized carbons (Fsp3) is 0.0556. The summed E-state index contributed by atoms with van der Waals surface area (Å²) in [5.74, 6) is -0.693. The van der Waals surface area contributed by atoms with Crippen molar-refractivity contribution in [2.75, 3.05) is 5.32 Å². The fourth-order valence-corrected chi connectivity index (χ4v) is 1.95. The van der Waals surface area contributed by atoms with Crippen LogP contribution in [0.1, 0.15) is 22.8 Å². The van der Waals surface area contributed by atoms with Gasteiger partial charge in [0.05, 0.1) is 5.69 Å². The molecule has 0 bridgehead atoms. The van der Waals surface area contributed by atoms with Crippen molar-refractivity contribution >= 4 is 23.5 Å². The van der Waals surface area contributed by atoms with Gasteiger partial charge in [0.25, 0.3) is 5.91 Å². The lowest BCUT2D eigenvalue weighted by atomic mass is 10.1. The molecule has 1 N–H and O–H groups in total. The maximum atomic E-state index is 12.2. The summed E-state index contributed by atoms with van der Waals surface area (Å²) in [6.45, 7) is 1.43. The smallest absolute Gasteiger partial charge is 0.266 e. The lowest BCUT2D eigenvalue weighted by molar-refractivity contribution is -0.112. The summed E-state index contributed by atoms with van der Waals surface area (Å²) in [4.78, 5) is 23.8. The average molecular weight is 290 g/mol. The number of hydrogen-bond donors (Lipinski definition) is 1. The Kier molecular flexibility index (Phi) is 4.84. The molecule has 2 aromatic rings. The van der Waals surface area contributed by atoms with Gasteiger partial charge in [-0.15, -0.1) is 0 Å². The van der Waals surface area contributed by atoms with Gasteiger partial charge in [0.1, 0.15) is 11.6 Å². The molecule has 4 heteroatoms. The number of rotatable bonds is 4. The molecular formula is C18H14N2O2. The van der Waals surface area contributed by atoms with Crippen molar-refractivity contribution in [2.45, 2.75) is 6.92 Å². The molecule has 0 aromatic heterocycles. The summed E-state index contributed by atoms with van der Waals surface area (Å²) >= 11 is 0. The number of nitrogens with one attached hydrogen (secondary N) is 1. The first kappa shape index (κ1) is 15.2. The first-order chi connectivity index (χ1) is 10.6. The topological polar surface area (TPSA) is 70.0 Å². The molecule has 1 amide bonds. The van der Waals surface area contributed by atoms with Gasteiger partial charge < -0.3 is 5.32 Å². The molecule has 0 aliphatic rings. The van der Waals surface area contributed by atoms with Crippen LogP contribution in [0.5, 0.6) is 0 Å². The first-order valence-electron chi connectivity index (χ1n) is 6.70. The minimum absolute atomic E-state index is 0.0236. The van der Waals surface area contributed by atoms with E-state index in [-0.39, 0.29) is 11.4 Å². The Labute approximate surface area is 128 Å². The quantitative estimate of drug-likeness (QED) is 0.532. The first-order valence-corrected chi connectivity index (χ1v) is 6.70. The molecule has 108 valence electrons. The Morgan fingerprint density at radius 3 is 2.32 bits per heavy atom. The normalized spacial score (nSPS) is 10.6. The highest BCUT2D eigenvalue weighted by Gasteiger charge is 2.13. The van der Waals surface area contributed by atoms with E-state index in [9.17, 15) is 9.59 Å². The predicted octanol–water partition coefficient (Wildman–Crippen LogP) is 3.43. The largest absolute Gasteiger partial charge is 0.321 e. The van der Waals surface area contributed by atoms with Crippen molar-refractivity contribution in [3.8, 4) is 6.07 Å². The lowest BCUT2D eigenvalue weighted by Gasteiger charge is -2.08. The van der Waals surface area contributed by atoms with Crippen LogP contribution in [0.15, 0.2) is 60.2 Å². The van der Waals surface area contributed by atoms with E-state index in [0.717, 1.165) is 5.56 Å². The zero-order valence-electron chi connectivity index (χ0n) is 12.0. The molecule has 0 heterocycles. The van der Waals surface area contributed by atoms with Crippen LogP contribution in [-0.2, 0) is 4.79 Å². The molecule has 2 rings (SSSR count). The van der Waals surface area contributed by atoms with Gasteiger partial charge in [-0.3, -0.25) is 9.59 Å². The van der Waals surface area contributed by atoms with Crippen LogP contribution in [0.4, 0.5) is 5.69 Å². The van der Waals surface area contributed by atoms with Crippen molar-refractivity contribution in [1.82, 2.24) is 0 Å². The molecule has 0 spiro atoms. The Balaban J connectivity index is 2.27. The summed E-state index contributed by atoms with van der Waals surface area (Å²) in [6.07, 6.45) is 1.51. The Morgan fingerprint density at radius 2 is 1.68 bits per heavy atom. The highest BCUT2D eigenvalue weighted by atomic mass is 16.2. The van der Waals surface area contributed by atoms with Crippen LogP contribution in [0.3, 0.4) is 0 Å². The highest BCUT2D eigenvalue weighted by molar-refractivity contribution is 6.12. The second kappa shape index (κ2) is 7.00. The number of benzene rings is 2. The van der Waals surface area contributed by atoms with Crippen LogP contribution in [0.25, 0.3) is 6.08 Å². The molecule has 22 heavy (non-hydrogen) atoms. The maximum Gasteiger partial charge on any atom is 0.266 e. The molecular weight excluding hydrogens is 276 g/mol. The van der Waals surface area contributed by atoms with E-state index in [0.29, 0.717) is 11.3 Å². The van der Waals surface area contributed by atoms with Crippen molar-refractivity contribution in [2.24, 2.45) is 0 Å². The van der Waals surface area contributed by atoms with Crippen molar-refractivity contribution in [1.29, 1.82) is 5.26 Å². The molecule has 0 radical (unpaired) electrons. The number of amides is 1. The second-order valence-electron chi connectivity index (χ2n) is 4.64. The number of hydrogen-bond acceptors (Lipinski definition) is 3. The third-order valence-corrected chi connectivity index (χ3v) is 3.03. The summed E-state index contributed by atoms with van der Waals surface area (Å²) in [5, 5.41) is 11.8. The molecule has 0 saturated carbocycles. The number of anilines is 1. The van der Waals surface area contributed by atoms with Gasteiger partial charge in [0, 0.05) is 5.56 Å². The van der Waals surface area contributed by atoms with E-state index in [2.05, 4.69) is 5.32 Å². The Morgan fingerprint density at radius 1 is 1.05 bits per heavy atom. The van der Waals surface area contributed by atoms with Crippen LogP contribution in [-0.4, -0.2) is 11.7 Å². The Hall–Kier alpha value is -3.19. The molecule has 2 aromatic carbocycles. The van der Waals surface area contributed by atoms with Gasteiger partial charge in [-0.2, -0.15) is 5.26 Å². The van der Waals surface area contributed by atoms with E-state index in [1.807, 2.05) is 24.3 Å². The monoisotopic (exact) mass is 290 g/mol. The zero-order valence-corrected chi connectivity index (χ0v) is 12.0. The van der Waals surface area contributed by atoms with Crippen LogP contribution in [0, 0.1) is 11.3 Å².